The first-order chi connectivity index (χ1) is 35.4. The van der Waals surface area contributed by atoms with Crippen LogP contribution in [0.25, 0.3) is 0 Å². The van der Waals surface area contributed by atoms with Crippen LogP contribution in [0.5, 0.6) is 0 Å². The fraction of sp³-hybridized carbons (Fsp3) is 0.818. The van der Waals surface area contributed by atoms with Gasteiger partial charge in [0, 0.05) is 97.3 Å². The van der Waals surface area contributed by atoms with Crippen LogP contribution in [0.1, 0.15) is 242 Å². The quantitative estimate of drug-likeness (QED) is 0.221. The number of hydrogen-bond acceptors (Lipinski definition) is 8. The molecule has 3 aromatic rings. The van der Waals surface area contributed by atoms with Gasteiger partial charge in [0.25, 0.3) is 0 Å². The fourth-order valence-corrected chi connectivity index (χ4v) is 9.61. The molecular formula is C66H130N10. The van der Waals surface area contributed by atoms with Crippen molar-refractivity contribution in [3.63, 3.8) is 0 Å². The van der Waals surface area contributed by atoms with E-state index in [-0.39, 0.29) is 11.1 Å². The molecule has 1 aromatic carbocycles. The van der Waals surface area contributed by atoms with Crippen LogP contribution in [-0.2, 0) is 39.1 Å². The fourth-order valence-electron chi connectivity index (χ4n) is 9.61. The summed E-state index contributed by atoms with van der Waals surface area (Å²) in [5.41, 5.74) is 5.10. The van der Waals surface area contributed by atoms with E-state index in [1.165, 1.54) is 107 Å². The summed E-state index contributed by atoms with van der Waals surface area (Å²) in [5.74, 6) is 3.34. The molecule has 0 amide bonds. The Hall–Kier alpha value is -2.60. The molecule has 0 saturated carbocycles. The maximum absolute atomic E-state index is 4.34. The Labute approximate surface area is 474 Å². The third-order valence-electron chi connectivity index (χ3n) is 15.1. The molecule has 6 aliphatic rings. The second kappa shape index (κ2) is 35.2. The SMILES string of the molecule is CC.CC.CC.CC.CC(C)(C)N1CCC1.CC(C)(C)N1CCCC1.CC(C)(C)N1CCc2ccccc2C1.CC(C)(C)N1CCn2ccnc2C1.CC(C)(C)N1CCn2ccnc2C1.CC1CCN(C(C)(C)C)CC1. The maximum Gasteiger partial charge on any atom is 0.122 e. The van der Waals surface area contributed by atoms with Gasteiger partial charge in [0.05, 0.1) is 13.1 Å². The maximum atomic E-state index is 4.34. The molecule has 0 aliphatic carbocycles. The predicted octanol–water partition coefficient (Wildman–Crippen LogP) is 15.8. The molecule has 0 radical (unpaired) electrons. The molecule has 9 rings (SSSR count). The van der Waals surface area contributed by atoms with Gasteiger partial charge in [-0.15, -0.1) is 0 Å². The molecule has 2 aromatic heterocycles. The van der Waals surface area contributed by atoms with Gasteiger partial charge in [0.1, 0.15) is 11.6 Å². The molecule has 3 fully saturated rings. The molecule has 6 aliphatic heterocycles. The number of piperidine rings is 1. The summed E-state index contributed by atoms with van der Waals surface area (Å²) in [4.78, 5) is 23.8. The number of rotatable bonds is 0. The first-order valence-electron chi connectivity index (χ1n) is 31.0. The van der Waals surface area contributed by atoms with Crippen molar-refractivity contribution in [1.29, 1.82) is 0 Å². The van der Waals surface area contributed by atoms with E-state index in [1.54, 1.807) is 0 Å². The van der Waals surface area contributed by atoms with E-state index >= 15 is 0 Å². The van der Waals surface area contributed by atoms with Crippen molar-refractivity contribution in [2.75, 3.05) is 58.9 Å². The second-order valence-electron chi connectivity index (χ2n) is 26.6. The second-order valence-corrected chi connectivity index (χ2v) is 26.6. The van der Waals surface area contributed by atoms with E-state index in [4.69, 9.17) is 0 Å². The Kier molecular flexibility index (Phi) is 34.0. The lowest BCUT2D eigenvalue weighted by Crippen LogP contribution is -2.49. The third-order valence-corrected chi connectivity index (χ3v) is 15.1. The van der Waals surface area contributed by atoms with Gasteiger partial charge in [-0.2, -0.15) is 0 Å². The minimum Gasteiger partial charge on any atom is -0.333 e. The minimum atomic E-state index is 0.261. The number of likely N-dealkylation sites (tertiary alicyclic amines) is 3. The first-order valence-corrected chi connectivity index (χ1v) is 31.0. The highest BCUT2D eigenvalue weighted by Crippen LogP contribution is 2.26. The molecule has 0 unspecified atom stereocenters. The van der Waals surface area contributed by atoms with Crippen molar-refractivity contribution in [2.45, 2.75) is 291 Å². The van der Waals surface area contributed by atoms with Gasteiger partial charge in [0.2, 0.25) is 0 Å². The van der Waals surface area contributed by atoms with Crippen molar-refractivity contribution in [1.82, 2.24) is 48.5 Å². The van der Waals surface area contributed by atoms with Crippen molar-refractivity contribution < 1.29 is 0 Å². The Morgan fingerprint density at radius 1 is 0.355 bits per heavy atom. The van der Waals surface area contributed by atoms with Crippen molar-refractivity contribution in [3.8, 4) is 0 Å². The first kappa shape index (κ1) is 73.4. The van der Waals surface area contributed by atoms with Crippen LogP contribution in [0.4, 0.5) is 0 Å². The van der Waals surface area contributed by atoms with Crippen LogP contribution in [0.3, 0.4) is 0 Å². The van der Waals surface area contributed by atoms with Crippen LogP contribution in [0, 0.1) is 5.92 Å². The zero-order chi connectivity index (χ0) is 58.7. The zero-order valence-corrected chi connectivity index (χ0v) is 55.8. The number of imidazole rings is 2. The zero-order valence-electron chi connectivity index (χ0n) is 55.8. The Balaban J connectivity index is 0.000000871. The minimum absolute atomic E-state index is 0.261. The highest BCUT2D eigenvalue weighted by atomic mass is 15.3. The normalized spacial score (nSPS) is 18.6. The lowest BCUT2D eigenvalue weighted by atomic mass is 9.95. The van der Waals surface area contributed by atoms with E-state index < -0.39 is 0 Å². The molecule has 8 heterocycles. The topological polar surface area (TPSA) is 55.1 Å². The summed E-state index contributed by atoms with van der Waals surface area (Å²) in [5, 5.41) is 0. The molecule has 0 spiro atoms. The molecule has 10 nitrogen and oxygen atoms in total. The van der Waals surface area contributed by atoms with E-state index in [0.717, 1.165) is 51.7 Å². The Bertz CT molecular complexity index is 1810. The molecule has 76 heavy (non-hydrogen) atoms. The van der Waals surface area contributed by atoms with Gasteiger partial charge in [-0.1, -0.05) is 86.6 Å². The largest absolute Gasteiger partial charge is 0.333 e. The third kappa shape index (κ3) is 27.0. The standard InChI is InChI=1S/C13H19N.2C10H17N3.C10H21N.C8H17N.C7H15N.4C2H6/c1-13(2,3)14-9-8-11-6-4-5-7-12(11)10-14;2*1-10(2,3)13-7-6-12-5-4-11-9(12)8-13;1-9-5-7-11(8-6-9)10(2,3)4;1-8(2,3)9-6-4-5-7-9;1-7(2,3)8-5-4-6-8;4*1-2/h4-7H,8-10H2,1-3H3;2*4-5H,6-8H2,1-3H3;9H,5-8H2,1-4H3;4-7H2,1-3H3;4-6H2,1-3H3;4*1-2H3. The van der Waals surface area contributed by atoms with Gasteiger partial charge in [-0.3, -0.25) is 29.4 Å². The number of hydrogen-bond donors (Lipinski definition) is 0. The molecule has 10 heteroatoms. The van der Waals surface area contributed by atoms with E-state index in [2.05, 4.69) is 217 Å². The van der Waals surface area contributed by atoms with Crippen molar-refractivity contribution >= 4 is 0 Å². The van der Waals surface area contributed by atoms with Crippen LogP contribution in [0.2, 0.25) is 0 Å². The lowest BCUT2D eigenvalue weighted by molar-refractivity contribution is 0.0690. The summed E-state index contributed by atoms with van der Waals surface area (Å²) >= 11 is 0. The molecule has 0 N–H and O–H groups in total. The van der Waals surface area contributed by atoms with E-state index in [1.807, 2.05) is 67.8 Å². The van der Waals surface area contributed by atoms with E-state index in [0.29, 0.717) is 22.2 Å². The van der Waals surface area contributed by atoms with Gasteiger partial charge in [0.15, 0.2) is 0 Å². The Morgan fingerprint density at radius 3 is 0.987 bits per heavy atom. The highest BCUT2D eigenvalue weighted by molar-refractivity contribution is 5.29. The smallest absolute Gasteiger partial charge is 0.122 e. The van der Waals surface area contributed by atoms with Crippen LogP contribution >= 0.6 is 0 Å². The van der Waals surface area contributed by atoms with Crippen molar-refractivity contribution in [2.24, 2.45) is 5.92 Å². The Morgan fingerprint density at radius 2 is 0.671 bits per heavy atom. The van der Waals surface area contributed by atoms with Crippen molar-refractivity contribution in [3.05, 3.63) is 71.8 Å². The number of fused-ring (bicyclic) bond motifs is 3. The van der Waals surface area contributed by atoms with E-state index in [9.17, 15) is 0 Å². The molecule has 0 atom stereocenters. The van der Waals surface area contributed by atoms with Gasteiger partial charge < -0.3 is 9.13 Å². The molecule has 444 valence electrons. The summed E-state index contributed by atoms with van der Waals surface area (Å²) in [6, 6.07) is 8.80. The highest BCUT2D eigenvalue weighted by Gasteiger charge is 2.29. The predicted molar refractivity (Wildman–Crippen MR) is 337 cm³/mol. The van der Waals surface area contributed by atoms with Crippen LogP contribution in [0.15, 0.2) is 49.1 Å². The molecule has 3 saturated heterocycles. The summed E-state index contributed by atoms with van der Waals surface area (Å²) in [6.45, 7) is 75.9. The van der Waals surface area contributed by atoms with Crippen LogP contribution in [-0.4, -0.2) is 141 Å². The van der Waals surface area contributed by atoms with Gasteiger partial charge in [-0.25, -0.2) is 9.97 Å². The molecule has 0 bridgehead atoms. The summed E-state index contributed by atoms with van der Waals surface area (Å²) in [7, 11) is 0. The van der Waals surface area contributed by atoms with Gasteiger partial charge >= 0.3 is 0 Å². The number of nitrogens with zero attached hydrogens (tertiary/aromatic N) is 10. The van der Waals surface area contributed by atoms with Gasteiger partial charge in [-0.05, 0) is 219 Å². The molecular weight excluding hydrogens is 933 g/mol. The average molecular weight is 1060 g/mol. The average Bonchev–Trinajstić information content (AvgIpc) is 4.16. The monoisotopic (exact) mass is 1060 g/mol. The number of aromatic nitrogens is 4. The summed E-state index contributed by atoms with van der Waals surface area (Å²) < 4.78 is 4.48. The summed E-state index contributed by atoms with van der Waals surface area (Å²) in [6.07, 6.45) is 16.1. The lowest BCUT2D eigenvalue weighted by Gasteiger charge is -2.42. The van der Waals surface area contributed by atoms with Crippen LogP contribution < -0.4 is 0 Å². The number of benzene rings is 1.